The Labute approximate surface area is 133 Å². The zero-order chi connectivity index (χ0) is 16.6. The van der Waals surface area contributed by atoms with Crippen molar-refractivity contribution in [2.75, 3.05) is 0 Å². The van der Waals surface area contributed by atoms with Crippen molar-refractivity contribution in [3.05, 3.63) is 54.1 Å². The van der Waals surface area contributed by atoms with Crippen molar-refractivity contribution >= 4 is 11.6 Å². The molecule has 0 aliphatic carbocycles. The van der Waals surface area contributed by atoms with E-state index in [2.05, 4.69) is 15.4 Å². The Morgan fingerprint density at radius 2 is 1.96 bits per heavy atom. The lowest BCUT2D eigenvalue weighted by Gasteiger charge is -2.19. The third-order valence-corrected chi connectivity index (χ3v) is 3.28. The van der Waals surface area contributed by atoms with Crippen molar-refractivity contribution in [2.24, 2.45) is 0 Å². The van der Waals surface area contributed by atoms with E-state index in [1.165, 1.54) is 16.8 Å². The second kappa shape index (κ2) is 5.46. The van der Waals surface area contributed by atoms with Gasteiger partial charge in [0.25, 0.3) is 5.91 Å². The molecule has 118 valence electrons. The van der Waals surface area contributed by atoms with Crippen LogP contribution in [0.4, 0.5) is 4.39 Å². The van der Waals surface area contributed by atoms with Gasteiger partial charge >= 0.3 is 0 Å². The lowest BCUT2D eigenvalue weighted by atomic mass is 10.1. The summed E-state index contributed by atoms with van der Waals surface area (Å²) in [5.41, 5.74) is 1.34. The van der Waals surface area contributed by atoms with Gasteiger partial charge in [0.05, 0.1) is 11.9 Å². The Balaban J connectivity index is 2.12. The zero-order valence-corrected chi connectivity index (χ0v) is 13.2. The Kier molecular flexibility index (Phi) is 3.60. The summed E-state index contributed by atoms with van der Waals surface area (Å²) in [7, 11) is 0. The minimum Gasteiger partial charge on any atom is -0.347 e. The highest BCUT2D eigenvalue weighted by Gasteiger charge is 2.21. The van der Waals surface area contributed by atoms with Crippen LogP contribution in [0, 0.1) is 5.82 Å². The van der Waals surface area contributed by atoms with Crippen molar-refractivity contribution in [3.63, 3.8) is 0 Å². The smallest absolute Gasteiger partial charge is 0.257 e. The summed E-state index contributed by atoms with van der Waals surface area (Å²) in [6, 6.07) is 8.10. The molecule has 0 atom stereocenters. The second-order valence-corrected chi connectivity index (χ2v) is 6.31. The monoisotopic (exact) mass is 312 g/mol. The molecule has 0 radical (unpaired) electrons. The summed E-state index contributed by atoms with van der Waals surface area (Å²) in [4.78, 5) is 16.6. The van der Waals surface area contributed by atoms with Crippen LogP contribution in [0.25, 0.3) is 16.9 Å². The van der Waals surface area contributed by atoms with E-state index in [-0.39, 0.29) is 17.3 Å². The molecule has 6 heteroatoms. The Hall–Kier alpha value is -2.76. The molecule has 0 bridgehead atoms. The topological polar surface area (TPSA) is 59.3 Å². The number of amides is 1. The number of hydrogen-bond donors (Lipinski definition) is 1. The van der Waals surface area contributed by atoms with E-state index in [0.29, 0.717) is 22.5 Å². The quantitative estimate of drug-likeness (QED) is 0.791. The molecule has 0 aliphatic heterocycles. The molecule has 0 spiro atoms. The fraction of sp³-hybridized carbons (Fsp3) is 0.235. The van der Waals surface area contributed by atoms with Crippen molar-refractivity contribution in [1.82, 2.24) is 19.9 Å². The van der Waals surface area contributed by atoms with Crippen LogP contribution in [0.5, 0.6) is 0 Å². The first-order valence-electron chi connectivity index (χ1n) is 7.27. The van der Waals surface area contributed by atoms with Crippen LogP contribution in [0.1, 0.15) is 31.1 Å². The highest BCUT2D eigenvalue weighted by Crippen LogP contribution is 2.23. The van der Waals surface area contributed by atoms with Crippen molar-refractivity contribution in [1.29, 1.82) is 0 Å². The number of rotatable bonds is 2. The molecule has 3 aromatic rings. The maximum atomic E-state index is 14.1. The molecule has 0 fully saturated rings. The van der Waals surface area contributed by atoms with E-state index >= 15 is 0 Å². The van der Waals surface area contributed by atoms with Crippen LogP contribution in [0.2, 0.25) is 0 Å². The maximum absolute atomic E-state index is 14.1. The zero-order valence-electron chi connectivity index (χ0n) is 13.2. The third kappa shape index (κ3) is 2.92. The van der Waals surface area contributed by atoms with Gasteiger partial charge in [0, 0.05) is 17.3 Å². The predicted octanol–water partition coefficient (Wildman–Crippen LogP) is 3.06. The number of nitrogens with zero attached hydrogens (tertiary/aromatic N) is 3. The number of benzene rings is 1. The van der Waals surface area contributed by atoms with Gasteiger partial charge in [-0.2, -0.15) is 5.10 Å². The Morgan fingerprint density at radius 3 is 2.65 bits per heavy atom. The molecule has 23 heavy (non-hydrogen) atoms. The average Bonchev–Trinajstić information content (AvgIpc) is 2.90. The summed E-state index contributed by atoms with van der Waals surface area (Å²) in [6.45, 7) is 5.69. The lowest BCUT2D eigenvalue weighted by molar-refractivity contribution is 0.0921. The summed E-state index contributed by atoms with van der Waals surface area (Å²) in [5, 5.41) is 7.09. The molecular formula is C17H17FN4O. The SMILES string of the molecule is CC(C)(C)NC(=O)c1cnn2c(-c3ccccc3F)ccnc12. The van der Waals surface area contributed by atoms with Gasteiger partial charge in [-0.25, -0.2) is 13.9 Å². The lowest BCUT2D eigenvalue weighted by Crippen LogP contribution is -2.40. The highest BCUT2D eigenvalue weighted by molar-refractivity contribution is 6.00. The van der Waals surface area contributed by atoms with E-state index in [4.69, 9.17) is 0 Å². The molecule has 0 unspecified atom stereocenters. The normalized spacial score (nSPS) is 11.7. The van der Waals surface area contributed by atoms with Crippen LogP contribution in [0.3, 0.4) is 0 Å². The van der Waals surface area contributed by atoms with Gasteiger partial charge in [0.1, 0.15) is 11.4 Å². The first kappa shape index (κ1) is 15.1. The molecule has 2 aromatic heterocycles. The number of aromatic nitrogens is 3. The molecule has 1 aromatic carbocycles. The number of halogens is 1. The van der Waals surface area contributed by atoms with E-state index < -0.39 is 0 Å². The molecule has 1 N–H and O–H groups in total. The van der Waals surface area contributed by atoms with Crippen molar-refractivity contribution < 1.29 is 9.18 Å². The minimum atomic E-state index is -0.367. The minimum absolute atomic E-state index is 0.259. The first-order chi connectivity index (χ1) is 10.9. The van der Waals surface area contributed by atoms with Gasteiger partial charge in [-0.15, -0.1) is 0 Å². The number of nitrogens with one attached hydrogen (secondary N) is 1. The Morgan fingerprint density at radius 1 is 1.22 bits per heavy atom. The molecular weight excluding hydrogens is 295 g/mol. The summed E-state index contributed by atoms with van der Waals surface area (Å²) < 4.78 is 15.5. The summed E-state index contributed by atoms with van der Waals surface area (Å²) in [6.07, 6.45) is 3.00. The number of hydrogen-bond acceptors (Lipinski definition) is 3. The van der Waals surface area contributed by atoms with Gasteiger partial charge in [-0.05, 0) is 39.0 Å². The largest absolute Gasteiger partial charge is 0.347 e. The molecule has 1 amide bonds. The van der Waals surface area contributed by atoms with Gasteiger partial charge in [0.2, 0.25) is 0 Å². The molecule has 5 nitrogen and oxygen atoms in total. The van der Waals surface area contributed by atoms with Crippen molar-refractivity contribution in [2.45, 2.75) is 26.3 Å². The number of carbonyl (C=O) groups is 1. The van der Waals surface area contributed by atoms with Crippen LogP contribution >= 0.6 is 0 Å². The van der Waals surface area contributed by atoms with E-state index in [1.54, 1.807) is 30.5 Å². The fourth-order valence-corrected chi connectivity index (χ4v) is 2.33. The Bertz CT molecular complexity index is 880. The molecule has 0 saturated heterocycles. The second-order valence-electron chi connectivity index (χ2n) is 6.31. The van der Waals surface area contributed by atoms with Gasteiger partial charge in [0.15, 0.2) is 5.65 Å². The van der Waals surface area contributed by atoms with Crippen molar-refractivity contribution in [3.8, 4) is 11.3 Å². The fourth-order valence-electron chi connectivity index (χ4n) is 2.33. The number of carbonyl (C=O) groups excluding carboxylic acids is 1. The first-order valence-corrected chi connectivity index (χ1v) is 7.27. The van der Waals surface area contributed by atoms with Crippen LogP contribution < -0.4 is 5.32 Å². The van der Waals surface area contributed by atoms with E-state index in [0.717, 1.165) is 0 Å². The maximum Gasteiger partial charge on any atom is 0.257 e. The average molecular weight is 312 g/mol. The summed E-state index contributed by atoms with van der Waals surface area (Å²) in [5.74, 6) is -0.609. The third-order valence-electron chi connectivity index (χ3n) is 3.28. The van der Waals surface area contributed by atoms with E-state index in [9.17, 15) is 9.18 Å². The highest BCUT2D eigenvalue weighted by atomic mass is 19.1. The number of fused-ring (bicyclic) bond motifs is 1. The van der Waals surface area contributed by atoms with Crippen LogP contribution in [-0.2, 0) is 0 Å². The van der Waals surface area contributed by atoms with Gasteiger partial charge in [-0.1, -0.05) is 12.1 Å². The molecule has 0 aliphatic rings. The summed E-state index contributed by atoms with van der Waals surface area (Å²) >= 11 is 0. The van der Waals surface area contributed by atoms with E-state index in [1.807, 2.05) is 20.8 Å². The standard InChI is InChI=1S/C17H17FN4O/c1-17(2,3)21-16(23)12-10-20-22-14(8-9-19-15(12)22)11-6-4-5-7-13(11)18/h4-10H,1-3H3,(H,21,23). The van der Waals surface area contributed by atoms with Gasteiger partial charge < -0.3 is 5.32 Å². The van der Waals surface area contributed by atoms with Gasteiger partial charge in [-0.3, -0.25) is 4.79 Å². The molecule has 3 rings (SSSR count). The van der Waals surface area contributed by atoms with Crippen LogP contribution in [0.15, 0.2) is 42.7 Å². The van der Waals surface area contributed by atoms with Crippen LogP contribution in [-0.4, -0.2) is 26.0 Å². The predicted molar refractivity (Wildman–Crippen MR) is 85.6 cm³/mol. The molecule has 0 saturated carbocycles. The molecule has 2 heterocycles.